The third-order valence-corrected chi connectivity index (χ3v) is 10.7. The molecule has 0 amide bonds. The van der Waals surface area contributed by atoms with Gasteiger partial charge in [0.2, 0.25) is 11.8 Å². The molecule has 0 saturated heterocycles. The maximum absolute atomic E-state index is 15.1. The zero-order valence-corrected chi connectivity index (χ0v) is 22.9. The minimum absolute atomic E-state index is 0.0212. The zero-order valence-electron chi connectivity index (χ0n) is 21.3. The topological polar surface area (TPSA) is 146 Å². The van der Waals surface area contributed by atoms with Crippen LogP contribution >= 0.6 is 11.8 Å². The third kappa shape index (κ3) is 5.27. The summed E-state index contributed by atoms with van der Waals surface area (Å²) in [6.07, 6.45) is 4.72. The first-order valence-electron chi connectivity index (χ1n) is 11.4. The molecule has 0 bridgehead atoms. The minimum atomic E-state index is -3.62. The van der Waals surface area contributed by atoms with Crippen molar-refractivity contribution in [3.05, 3.63) is 65.0 Å². The predicted octanol–water partition coefficient (Wildman–Crippen LogP) is 4.03. The number of aliphatic imine (C=N–C) groups is 1. The van der Waals surface area contributed by atoms with Gasteiger partial charge in [0.05, 0.1) is 17.9 Å². The van der Waals surface area contributed by atoms with E-state index in [-0.39, 0.29) is 34.8 Å². The summed E-state index contributed by atoms with van der Waals surface area (Å²) in [6.45, 7) is 6.48. The molecule has 1 aromatic carbocycles. The first-order valence-corrected chi connectivity index (χ1v) is 14.1. The molecule has 0 unspecified atom stereocenters. The lowest BCUT2D eigenvalue weighted by Gasteiger charge is -2.46. The van der Waals surface area contributed by atoms with Crippen molar-refractivity contribution in [1.29, 1.82) is 0 Å². The summed E-state index contributed by atoms with van der Waals surface area (Å²) in [7, 11) is -3.62. The first kappa shape index (κ1) is 27.6. The van der Waals surface area contributed by atoms with Gasteiger partial charge in [-0.25, -0.2) is 27.2 Å². The number of rotatable bonds is 7. The van der Waals surface area contributed by atoms with Gasteiger partial charge in [0.15, 0.2) is 27.4 Å². The molecular formula is C24H26F2N6O4S2. The van der Waals surface area contributed by atoms with E-state index in [2.05, 4.69) is 25.2 Å². The largest absolute Gasteiger partial charge is 0.466 e. The lowest BCUT2D eigenvalue weighted by Crippen LogP contribution is -2.52. The number of hydrogen-bond donors (Lipinski definition) is 1. The maximum Gasteiger partial charge on any atom is 0.253 e. The summed E-state index contributed by atoms with van der Waals surface area (Å²) in [5.41, 5.74) is 5.02. The molecule has 14 heteroatoms. The number of aryl methyl sites for hydroxylation is 1. The van der Waals surface area contributed by atoms with Gasteiger partial charge in [-0.15, -0.1) is 10.2 Å². The summed E-state index contributed by atoms with van der Waals surface area (Å²) in [6, 6.07) is 4.00. The molecule has 0 spiro atoms. The Bertz CT molecular complexity index is 1530. The fourth-order valence-corrected chi connectivity index (χ4v) is 6.92. The number of nitrogens with zero attached hydrogens (tertiary/aromatic N) is 5. The van der Waals surface area contributed by atoms with E-state index in [4.69, 9.17) is 14.9 Å². The first-order chi connectivity index (χ1) is 17.7. The minimum Gasteiger partial charge on any atom is -0.466 e. The van der Waals surface area contributed by atoms with Gasteiger partial charge in [-0.3, -0.25) is 4.99 Å². The van der Waals surface area contributed by atoms with E-state index in [9.17, 15) is 8.42 Å². The Labute approximate surface area is 222 Å². The van der Waals surface area contributed by atoms with Crippen LogP contribution in [-0.2, 0) is 22.0 Å². The summed E-state index contributed by atoms with van der Waals surface area (Å²) in [5.74, 6) is -1.23. The second-order valence-electron chi connectivity index (χ2n) is 9.18. The molecule has 0 fully saturated rings. The molecule has 10 nitrogen and oxygen atoms in total. The molecule has 3 aromatic rings. The molecule has 1 aliphatic heterocycles. The van der Waals surface area contributed by atoms with Crippen molar-refractivity contribution >= 4 is 38.7 Å². The van der Waals surface area contributed by atoms with Crippen LogP contribution in [-0.4, -0.2) is 44.1 Å². The number of halogens is 2. The van der Waals surface area contributed by atoms with Crippen molar-refractivity contribution in [3.8, 4) is 5.88 Å². The normalized spacial score (nSPS) is 24.2. The molecule has 1 aliphatic rings. The number of aromatic nitrogens is 4. The van der Waals surface area contributed by atoms with E-state index in [0.29, 0.717) is 11.5 Å². The fraction of sp³-hybridized carbons (Fsp3) is 0.375. The molecule has 2 aromatic heterocycles. The number of nitrogens with two attached hydrogens (primary N) is 1. The Morgan fingerprint density at radius 2 is 2.00 bits per heavy atom. The van der Waals surface area contributed by atoms with Crippen LogP contribution in [0.15, 0.2) is 40.0 Å². The van der Waals surface area contributed by atoms with Gasteiger partial charge in [-0.05, 0) is 37.6 Å². The van der Waals surface area contributed by atoms with Crippen molar-refractivity contribution in [2.75, 3.05) is 6.26 Å². The average molecular weight is 565 g/mol. The van der Waals surface area contributed by atoms with Gasteiger partial charge in [0, 0.05) is 24.7 Å². The average Bonchev–Trinajstić information content (AvgIpc) is 3.27. The summed E-state index contributed by atoms with van der Waals surface area (Å²) in [5, 5.41) is 7.52. The second kappa shape index (κ2) is 10.1. The molecule has 4 rings (SSSR count). The fourth-order valence-electron chi connectivity index (χ4n) is 4.13. The highest BCUT2D eigenvalue weighted by molar-refractivity contribution is 8.23. The van der Waals surface area contributed by atoms with Gasteiger partial charge >= 0.3 is 0 Å². The van der Waals surface area contributed by atoms with Crippen LogP contribution in [0.25, 0.3) is 11.9 Å². The molecule has 0 radical (unpaired) electrons. The van der Waals surface area contributed by atoms with Gasteiger partial charge in [0.25, 0.3) is 5.89 Å². The third-order valence-electron chi connectivity index (χ3n) is 6.63. The van der Waals surface area contributed by atoms with Crippen LogP contribution in [0.1, 0.15) is 49.4 Å². The van der Waals surface area contributed by atoms with E-state index in [1.165, 1.54) is 36.7 Å². The number of hydrogen-bond acceptors (Lipinski definition) is 11. The highest BCUT2D eigenvalue weighted by atomic mass is 32.3. The Balaban J connectivity index is 1.60. The van der Waals surface area contributed by atoms with Crippen molar-refractivity contribution in [1.82, 2.24) is 20.2 Å². The monoisotopic (exact) mass is 564 g/mol. The lowest BCUT2D eigenvalue weighted by molar-refractivity contribution is 0.250. The molecule has 0 saturated carbocycles. The number of amidine groups is 1. The molecule has 38 heavy (non-hydrogen) atoms. The summed E-state index contributed by atoms with van der Waals surface area (Å²) < 4.78 is 64.8. The van der Waals surface area contributed by atoms with Crippen LogP contribution in [0.5, 0.6) is 5.88 Å². The summed E-state index contributed by atoms with van der Waals surface area (Å²) >= 11 is 0.931. The van der Waals surface area contributed by atoms with Crippen LogP contribution in [0, 0.1) is 18.7 Å². The molecule has 2 N–H and O–H groups in total. The van der Waals surface area contributed by atoms with Crippen molar-refractivity contribution in [2.45, 2.75) is 43.9 Å². The van der Waals surface area contributed by atoms with Gasteiger partial charge < -0.3 is 14.9 Å². The Kier molecular flexibility index (Phi) is 7.32. The smallest absolute Gasteiger partial charge is 0.253 e. The Hall–Kier alpha value is -3.39. The molecule has 3 atom stereocenters. The van der Waals surface area contributed by atoms with E-state index in [0.717, 1.165) is 18.0 Å². The van der Waals surface area contributed by atoms with Gasteiger partial charge in [-0.1, -0.05) is 24.8 Å². The zero-order chi connectivity index (χ0) is 27.9. The SMILES string of the molecule is Cc1nnc(COc2cnc(/C(F)=C/c3ccc(F)c([C@@]4(C)N=C(N)S[C@](C)(S(C)(=O)=O)[C@H]4C)c3)cn2)o1. The highest BCUT2D eigenvalue weighted by Crippen LogP contribution is 2.52. The van der Waals surface area contributed by atoms with E-state index < -0.39 is 37.0 Å². The van der Waals surface area contributed by atoms with Crippen LogP contribution in [0.3, 0.4) is 0 Å². The Morgan fingerprint density at radius 3 is 2.61 bits per heavy atom. The standard InChI is InChI=1S/C24H26F2N6O4S2/c1-13-23(3,30-22(27)37-24(13,4)38(5,33)34)16-8-15(6-7-17(16)25)9-18(26)19-10-29-20(11-28-19)35-12-21-32-31-14(2)36-21/h6-11,13H,12H2,1-5H3,(H2,27,30)/b18-9-/t13-,23-,24+/m0/s1. The molecular weight excluding hydrogens is 538 g/mol. The number of sulfone groups is 1. The molecule has 202 valence electrons. The highest BCUT2D eigenvalue weighted by Gasteiger charge is 2.55. The van der Waals surface area contributed by atoms with Gasteiger partial charge in [-0.2, -0.15) is 0 Å². The number of thioether (sulfide) groups is 1. The predicted molar refractivity (Wildman–Crippen MR) is 140 cm³/mol. The quantitative estimate of drug-likeness (QED) is 0.446. The van der Waals surface area contributed by atoms with E-state index >= 15 is 8.78 Å². The van der Waals surface area contributed by atoms with Crippen molar-refractivity contribution in [2.24, 2.45) is 16.6 Å². The van der Waals surface area contributed by atoms with Crippen molar-refractivity contribution < 1.29 is 26.4 Å². The van der Waals surface area contributed by atoms with Crippen molar-refractivity contribution in [3.63, 3.8) is 0 Å². The van der Waals surface area contributed by atoms with E-state index in [1.807, 2.05) is 0 Å². The van der Waals surface area contributed by atoms with Crippen LogP contribution in [0.4, 0.5) is 8.78 Å². The molecule has 0 aliphatic carbocycles. The summed E-state index contributed by atoms with van der Waals surface area (Å²) in [4.78, 5) is 12.5. The van der Waals surface area contributed by atoms with E-state index in [1.54, 1.807) is 27.7 Å². The number of benzene rings is 1. The van der Waals surface area contributed by atoms with Crippen LogP contribution in [0.2, 0.25) is 0 Å². The Morgan fingerprint density at radius 1 is 1.26 bits per heavy atom. The van der Waals surface area contributed by atoms with Crippen LogP contribution < -0.4 is 10.5 Å². The van der Waals surface area contributed by atoms with Gasteiger partial charge in [0.1, 0.15) is 15.6 Å². The maximum atomic E-state index is 15.1. The lowest BCUT2D eigenvalue weighted by atomic mass is 9.78. The number of ether oxygens (including phenoxy) is 1. The second-order valence-corrected chi connectivity index (χ2v) is 13.3. The molecule has 3 heterocycles.